The van der Waals surface area contributed by atoms with Crippen molar-refractivity contribution in [2.24, 2.45) is 0 Å². The minimum atomic E-state index is 0.303. The number of nitrogens with zero attached hydrogens (tertiary/aromatic N) is 4. The molecule has 2 fully saturated rings. The second kappa shape index (κ2) is 15.3. The summed E-state index contributed by atoms with van der Waals surface area (Å²) < 4.78 is 0. The molecule has 1 unspecified atom stereocenters. The van der Waals surface area contributed by atoms with Gasteiger partial charge in [0.15, 0.2) is 0 Å². The Bertz CT molecular complexity index is 1640. The average molecular weight is 640 g/mol. The maximum absolute atomic E-state index is 8.55. The molecule has 6 rings (SSSR count). The number of piperazine rings is 1. The number of hydrogen-bond donors (Lipinski definition) is 3. The number of anilines is 3. The number of rotatable bonds is 12. The van der Waals surface area contributed by atoms with Crippen LogP contribution in [-0.4, -0.2) is 68.7 Å². The molecule has 0 aliphatic carbocycles. The second-order valence-electron chi connectivity index (χ2n) is 13.0. The fraction of sp³-hybridized carbons (Fsp3) is 0.317. The zero-order chi connectivity index (χ0) is 33.5. The molecule has 0 radical (unpaired) electrons. The van der Waals surface area contributed by atoms with Crippen LogP contribution in [0.1, 0.15) is 42.7 Å². The van der Waals surface area contributed by atoms with E-state index in [2.05, 4.69) is 81.7 Å². The first-order valence-electron chi connectivity index (χ1n) is 17.3. The van der Waals surface area contributed by atoms with Crippen LogP contribution in [0.2, 0.25) is 0 Å². The van der Waals surface area contributed by atoms with Crippen LogP contribution in [0.5, 0.6) is 0 Å². The summed E-state index contributed by atoms with van der Waals surface area (Å²) in [4.78, 5) is 9.76. The van der Waals surface area contributed by atoms with E-state index in [4.69, 9.17) is 10.8 Å². The van der Waals surface area contributed by atoms with Gasteiger partial charge in [0, 0.05) is 87.2 Å². The zero-order valence-electron chi connectivity index (χ0n) is 28.2. The summed E-state index contributed by atoms with van der Waals surface area (Å²) in [5.74, 6) is 0.303. The van der Waals surface area contributed by atoms with E-state index in [-0.39, 0.29) is 0 Å². The fourth-order valence-electron chi connectivity index (χ4n) is 7.23. The van der Waals surface area contributed by atoms with Crippen molar-refractivity contribution in [3.05, 3.63) is 139 Å². The summed E-state index contributed by atoms with van der Waals surface area (Å²) in [5.41, 5.74) is 8.32. The predicted molar refractivity (Wildman–Crippen MR) is 203 cm³/mol. The average Bonchev–Trinajstić information content (AvgIpc) is 3.51. The lowest BCUT2D eigenvalue weighted by molar-refractivity contribution is 0.160. The van der Waals surface area contributed by atoms with Gasteiger partial charge in [0.25, 0.3) is 0 Å². The van der Waals surface area contributed by atoms with Gasteiger partial charge >= 0.3 is 0 Å². The first-order chi connectivity index (χ1) is 23.4. The van der Waals surface area contributed by atoms with Crippen molar-refractivity contribution < 1.29 is 0 Å². The van der Waals surface area contributed by atoms with Crippen LogP contribution in [0, 0.1) is 10.8 Å². The van der Waals surface area contributed by atoms with Gasteiger partial charge in [-0.15, -0.1) is 6.58 Å². The van der Waals surface area contributed by atoms with Gasteiger partial charge in [-0.3, -0.25) is 10.3 Å². The fourth-order valence-corrected chi connectivity index (χ4v) is 7.23. The number of nitrogens with one attached hydrogen (secondary N) is 3. The van der Waals surface area contributed by atoms with Gasteiger partial charge < -0.3 is 25.4 Å². The minimum Gasteiger partial charge on any atom is -0.391 e. The molecule has 3 aliphatic heterocycles. The van der Waals surface area contributed by atoms with Crippen LogP contribution in [0.25, 0.3) is 0 Å². The van der Waals surface area contributed by atoms with Crippen LogP contribution in [0.4, 0.5) is 17.1 Å². The Labute approximate surface area is 286 Å². The van der Waals surface area contributed by atoms with Gasteiger partial charge in [-0.1, -0.05) is 55.1 Å². The molecule has 0 spiro atoms. The SMILES string of the molecule is C=CCCC(C(=C)NC)c1ccc(N2CCN(C3CCN(c4ccc(N5C=CC(=N)/C5=C\C(=N)c5ccccc5)cc4)CC3)CC2)cc1. The Morgan fingerprint density at radius 1 is 0.854 bits per heavy atom. The molecule has 248 valence electrons. The Hall–Kier alpha value is -4.88. The van der Waals surface area contributed by atoms with Crippen LogP contribution < -0.4 is 20.0 Å². The highest BCUT2D eigenvalue weighted by Gasteiger charge is 2.28. The number of allylic oxidation sites excluding steroid dienone is 4. The standard InChI is InChI=1S/C41H49N7/c1-4-5-11-38(31(2)44-3)32-12-14-34(15-13-32)46-26-28-47(29-27-46)36-20-23-45(24-21-36)35-16-18-37(19-17-35)48-25-22-39(42)41(48)30-40(43)33-9-7-6-8-10-33/h4,6-10,12-19,22,25,30,36,38,42-44H,1-2,5,11,20-21,23-24,26-29H2,3H3/b41-30+,42-39?,43-40?. The largest absolute Gasteiger partial charge is 0.391 e. The summed E-state index contributed by atoms with van der Waals surface area (Å²) in [6.45, 7) is 14.6. The maximum atomic E-state index is 8.55. The number of hydrogen-bond acceptors (Lipinski definition) is 7. The van der Waals surface area contributed by atoms with E-state index in [1.165, 1.54) is 29.8 Å². The monoisotopic (exact) mass is 639 g/mol. The Balaban J connectivity index is 0.996. The molecule has 0 bridgehead atoms. The Morgan fingerprint density at radius 2 is 1.46 bits per heavy atom. The van der Waals surface area contributed by atoms with Crippen molar-refractivity contribution in [3.8, 4) is 0 Å². The van der Waals surface area contributed by atoms with E-state index in [9.17, 15) is 0 Å². The molecule has 7 heteroatoms. The van der Waals surface area contributed by atoms with Gasteiger partial charge in [0.2, 0.25) is 0 Å². The zero-order valence-corrected chi connectivity index (χ0v) is 28.2. The van der Waals surface area contributed by atoms with E-state index in [1.54, 1.807) is 12.2 Å². The van der Waals surface area contributed by atoms with Crippen molar-refractivity contribution >= 4 is 28.5 Å². The number of piperidine rings is 1. The van der Waals surface area contributed by atoms with Crippen LogP contribution in [0.15, 0.2) is 128 Å². The molecule has 0 saturated carbocycles. The molecule has 2 saturated heterocycles. The quantitative estimate of drug-likeness (QED) is 0.141. The normalized spacial score (nSPS) is 18.7. The van der Waals surface area contributed by atoms with E-state index in [1.807, 2.05) is 54.6 Å². The first-order valence-corrected chi connectivity index (χ1v) is 17.3. The highest BCUT2D eigenvalue weighted by atomic mass is 15.3. The number of likely N-dealkylation sites (N-methyl/N-ethyl adjacent to an activating group) is 1. The van der Waals surface area contributed by atoms with Gasteiger partial charge in [-0.05, 0) is 85.4 Å². The molecule has 3 N–H and O–H groups in total. The van der Waals surface area contributed by atoms with Crippen molar-refractivity contribution in [1.29, 1.82) is 10.8 Å². The third kappa shape index (κ3) is 7.47. The molecule has 1 atom stereocenters. The van der Waals surface area contributed by atoms with Crippen LogP contribution in [-0.2, 0) is 0 Å². The van der Waals surface area contributed by atoms with E-state index < -0.39 is 0 Å². The third-order valence-electron chi connectivity index (χ3n) is 10.1. The van der Waals surface area contributed by atoms with Gasteiger partial charge in [0.1, 0.15) is 0 Å². The molecule has 3 aliphatic rings. The molecule has 7 nitrogen and oxygen atoms in total. The highest BCUT2D eigenvalue weighted by Crippen LogP contribution is 2.31. The molecular weight excluding hydrogens is 591 g/mol. The second-order valence-corrected chi connectivity index (χ2v) is 13.0. The summed E-state index contributed by atoms with van der Waals surface area (Å²) in [5, 5.41) is 20.3. The van der Waals surface area contributed by atoms with Crippen molar-refractivity contribution in [2.75, 3.05) is 61.0 Å². The van der Waals surface area contributed by atoms with Gasteiger partial charge in [0.05, 0.1) is 17.1 Å². The minimum absolute atomic E-state index is 0.303. The lowest BCUT2D eigenvalue weighted by Crippen LogP contribution is -2.53. The van der Waals surface area contributed by atoms with Gasteiger partial charge in [-0.25, -0.2) is 0 Å². The smallest absolute Gasteiger partial charge is 0.0795 e. The summed E-state index contributed by atoms with van der Waals surface area (Å²) in [6, 6.07) is 28.1. The third-order valence-corrected chi connectivity index (χ3v) is 10.1. The molecule has 0 amide bonds. The molecule has 3 aromatic carbocycles. The van der Waals surface area contributed by atoms with E-state index in [0.29, 0.717) is 23.4 Å². The Kier molecular flexibility index (Phi) is 10.6. The molecular formula is C41H49N7. The highest BCUT2D eigenvalue weighted by molar-refractivity contribution is 6.18. The topological polar surface area (TPSA) is 72.7 Å². The summed E-state index contributed by atoms with van der Waals surface area (Å²) in [7, 11) is 1.95. The van der Waals surface area contributed by atoms with E-state index >= 15 is 0 Å². The Morgan fingerprint density at radius 3 is 2.08 bits per heavy atom. The summed E-state index contributed by atoms with van der Waals surface area (Å²) >= 11 is 0. The van der Waals surface area contributed by atoms with Crippen LogP contribution in [0.3, 0.4) is 0 Å². The van der Waals surface area contributed by atoms with Crippen molar-refractivity contribution in [1.82, 2.24) is 10.2 Å². The number of benzene rings is 3. The molecule has 3 heterocycles. The van der Waals surface area contributed by atoms with Crippen molar-refractivity contribution in [3.63, 3.8) is 0 Å². The summed E-state index contributed by atoms with van der Waals surface area (Å²) in [6.07, 6.45) is 11.9. The van der Waals surface area contributed by atoms with Crippen molar-refractivity contribution in [2.45, 2.75) is 37.6 Å². The predicted octanol–water partition coefficient (Wildman–Crippen LogP) is 7.57. The molecule has 0 aromatic heterocycles. The molecule has 3 aromatic rings. The maximum Gasteiger partial charge on any atom is 0.0795 e. The molecule has 48 heavy (non-hydrogen) atoms. The van der Waals surface area contributed by atoms with Crippen LogP contribution >= 0.6 is 0 Å². The lowest BCUT2D eigenvalue weighted by atomic mass is 9.91. The van der Waals surface area contributed by atoms with Gasteiger partial charge in [-0.2, -0.15) is 0 Å². The lowest BCUT2D eigenvalue weighted by Gasteiger charge is -2.44. The van der Waals surface area contributed by atoms with E-state index in [0.717, 1.165) is 74.8 Å². The first kappa shape index (κ1) is 33.0.